The fourth-order valence-electron chi connectivity index (χ4n) is 3.35. The molecule has 2 heterocycles. The molecule has 2 N–H and O–H groups in total. The number of thiazole rings is 1. The lowest BCUT2D eigenvalue weighted by Crippen LogP contribution is -2.46. The van der Waals surface area contributed by atoms with Crippen LogP contribution in [0.3, 0.4) is 0 Å². The monoisotopic (exact) mass is 388 g/mol. The van der Waals surface area contributed by atoms with E-state index in [1.54, 1.807) is 11.3 Å². The molecule has 3 amide bonds. The van der Waals surface area contributed by atoms with Gasteiger partial charge in [-0.2, -0.15) is 0 Å². The standard InChI is InChI=1S/C20H28N4O2S/c1-14(2)9-10-21-20(26)23-18(25)13-24-11-5-6-15(12-24)19-22-16-7-3-4-8-17(16)27-19/h3-4,7-8,14-15H,5-6,9-13H2,1-2H3,(H2,21,23,25,26)/t15-/m1/s1. The number of rotatable bonds is 6. The van der Waals surface area contributed by atoms with Gasteiger partial charge >= 0.3 is 6.03 Å². The number of carbonyl (C=O) groups excluding carboxylic acids is 2. The van der Waals surface area contributed by atoms with Gasteiger partial charge in [0, 0.05) is 19.0 Å². The first-order chi connectivity index (χ1) is 13.0. The summed E-state index contributed by atoms with van der Waals surface area (Å²) in [6.45, 7) is 6.72. The number of benzene rings is 1. The summed E-state index contributed by atoms with van der Waals surface area (Å²) < 4.78 is 1.21. The number of fused-ring (bicyclic) bond motifs is 1. The maximum Gasteiger partial charge on any atom is 0.321 e. The van der Waals surface area contributed by atoms with Crippen molar-refractivity contribution >= 4 is 33.5 Å². The van der Waals surface area contributed by atoms with Crippen LogP contribution in [0.25, 0.3) is 10.2 Å². The van der Waals surface area contributed by atoms with Gasteiger partial charge in [0.1, 0.15) is 0 Å². The van der Waals surface area contributed by atoms with Gasteiger partial charge in [-0.3, -0.25) is 15.0 Å². The fraction of sp³-hybridized carbons (Fsp3) is 0.550. The molecule has 3 rings (SSSR count). The van der Waals surface area contributed by atoms with E-state index in [0.29, 0.717) is 18.4 Å². The quantitative estimate of drug-likeness (QED) is 0.796. The SMILES string of the molecule is CC(C)CCNC(=O)NC(=O)CN1CCC[C@@H](c2nc3ccccc3s2)C1. The molecule has 0 aliphatic carbocycles. The average molecular weight is 389 g/mol. The molecule has 1 aliphatic heterocycles. The van der Waals surface area contributed by atoms with Gasteiger partial charge in [-0.25, -0.2) is 9.78 Å². The second-order valence-corrected chi connectivity index (χ2v) is 8.64. The van der Waals surface area contributed by atoms with Crippen LogP contribution in [0.5, 0.6) is 0 Å². The number of nitrogens with one attached hydrogen (secondary N) is 2. The highest BCUT2D eigenvalue weighted by Crippen LogP contribution is 2.32. The van der Waals surface area contributed by atoms with Crippen LogP contribution in [0.4, 0.5) is 4.79 Å². The first-order valence-corrected chi connectivity index (χ1v) is 10.5. The third kappa shape index (κ3) is 5.74. The van der Waals surface area contributed by atoms with E-state index in [2.05, 4.69) is 35.4 Å². The molecule has 1 aromatic heterocycles. The maximum atomic E-state index is 12.2. The van der Waals surface area contributed by atoms with Crippen molar-refractivity contribution < 1.29 is 9.59 Å². The van der Waals surface area contributed by atoms with Crippen molar-refractivity contribution in [2.75, 3.05) is 26.2 Å². The van der Waals surface area contributed by atoms with Crippen molar-refractivity contribution in [1.82, 2.24) is 20.5 Å². The van der Waals surface area contributed by atoms with Crippen molar-refractivity contribution in [3.63, 3.8) is 0 Å². The number of piperidine rings is 1. The highest BCUT2D eigenvalue weighted by molar-refractivity contribution is 7.18. The average Bonchev–Trinajstić information content (AvgIpc) is 3.05. The largest absolute Gasteiger partial charge is 0.338 e. The van der Waals surface area contributed by atoms with Gasteiger partial charge in [-0.05, 0) is 43.9 Å². The van der Waals surface area contributed by atoms with E-state index < -0.39 is 6.03 Å². The van der Waals surface area contributed by atoms with Gasteiger partial charge < -0.3 is 5.32 Å². The third-order valence-electron chi connectivity index (χ3n) is 4.79. The molecule has 2 aromatic rings. The lowest BCUT2D eigenvalue weighted by Gasteiger charge is -2.31. The first-order valence-electron chi connectivity index (χ1n) is 9.66. The minimum absolute atomic E-state index is 0.248. The summed E-state index contributed by atoms with van der Waals surface area (Å²) in [6, 6.07) is 7.79. The van der Waals surface area contributed by atoms with Gasteiger partial charge in [0.15, 0.2) is 0 Å². The zero-order valence-electron chi connectivity index (χ0n) is 16.0. The molecule has 7 heteroatoms. The molecule has 1 aliphatic rings. The van der Waals surface area contributed by atoms with Crippen LogP contribution in [-0.2, 0) is 4.79 Å². The number of aromatic nitrogens is 1. The molecule has 0 saturated carbocycles. The Labute approximate surface area is 164 Å². The topological polar surface area (TPSA) is 74.3 Å². The predicted molar refractivity (Wildman–Crippen MR) is 109 cm³/mol. The van der Waals surface area contributed by atoms with Gasteiger partial charge in [0.2, 0.25) is 5.91 Å². The molecule has 0 spiro atoms. The van der Waals surface area contributed by atoms with Gasteiger partial charge in [0.05, 0.1) is 21.8 Å². The molecular weight excluding hydrogens is 360 g/mol. The van der Waals surface area contributed by atoms with Crippen LogP contribution < -0.4 is 10.6 Å². The molecule has 0 unspecified atom stereocenters. The number of nitrogens with zero attached hydrogens (tertiary/aromatic N) is 2. The Balaban J connectivity index is 1.49. The van der Waals surface area contributed by atoms with Gasteiger partial charge in [-0.1, -0.05) is 26.0 Å². The number of likely N-dealkylation sites (tertiary alicyclic amines) is 1. The van der Waals surface area contributed by atoms with E-state index in [1.165, 1.54) is 4.70 Å². The normalized spacial score (nSPS) is 18.0. The van der Waals surface area contributed by atoms with Crippen LogP contribution in [0.2, 0.25) is 0 Å². The van der Waals surface area contributed by atoms with Crippen molar-refractivity contribution in [3.05, 3.63) is 29.3 Å². The minimum Gasteiger partial charge on any atom is -0.338 e. The van der Waals surface area contributed by atoms with Crippen LogP contribution >= 0.6 is 11.3 Å². The van der Waals surface area contributed by atoms with E-state index in [9.17, 15) is 9.59 Å². The fourth-order valence-corrected chi connectivity index (χ4v) is 4.45. The summed E-state index contributed by atoms with van der Waals surface area (Å²) in [4.78, 5) is 30.9. The summed E-state index contributed by atoms with van der Waals surface area (Å²) in [5.41, 5.74) is 1.05. The molecule has 27 heavy (non-hydrogen) atoms. The molecule has 0 radical (unpaired) electrons. The Morgan fingerprint density at radius 2 is 2.15 bits per heavy atom. The molecule has 6 nitrogen and oxygen atoms in total. The smallest absolute Gasteiger partial charge is 0.321 e. The number of para-hydroxylation sites is 1. The second kappa shape index (κ2) is 9.28. The van der Waals surface area contributed by atoms with E-state index >= 15 is 0 Å². The third-order valence-corrected chi connectivity index (χ3v) is 5.99. The second-order valence-electron chi connectivity index (χ2n) is 7.58. The molecule has 1 atom stereocenters. The molecule has 0 bridgehead atoms. The Hall–Kier alpha value is -1.99. The van der Waals surface area contributed by atoms with Crippen molar-refractivity contribution in [2.45, 2.75) is 39.0 Å². The van der Waals surface area contributed by atoms with Crippen LogP contribution in [0.15, 0.2) is 24.3 Å². The molecule has 146 valence electrons. The van der Waals surface area contributed by atoms with Crippen LogP contribution in [0.1, 0.15) is 44.0 Å². The lowest BCUT2D eigenvalue weighted by atomic mass is 9.99. The summed E-state index contributed by atoms with van der Waals surface area (Å²) in [5.74, 6) is 0.625. The summed E-state index contributed by atoms with van der Waals surface area (Å²) in [5, 5.41) is 6.31. The Morgan fingerprint density at radius 3 is 2.93 bits per heavy atom. The number of urea groups is 1. The molecule has 1 aromatic carbocycles. The molecule has 1 fully saturated rings. The van der Waals surface area contributed by atoms with E-state index in [4.69, 9.17) is 4.98 Å². The van der Waals surface area contributed by atoms with Gasteiger partial charge in [0.25, 0.3) is 0 Å². The number of amides is 3. The Morgan fingerprint density at radius 1 is 1.33 bits per heavy atom. The molecule has 1 saturated heterocycles. The van der Waals surface area contributed by atoms with E-state index in [0.717, 1.165) is 42.9 Å². The van der Waals surface area contributed by atoms with E-state index in [1.807, 2.05) is 18.2 Å². The van der Waals surface area contributed by atoms with Crippen molar-refractivity contribution in [2.24, 2.45) is 5.92 Å². The summed E-state index contributed by atoms with van der Waals surface area (Å²) >= 11 is 1.74. The summed E-state index contributed by atoms with van der Waals surface area (Å²) in [7, 11) is 0. The number of hydrogen-bond acceptors (Lipinski definition) is 5. The highest BCUT2D eigenvalue weighted by atomic mass is 32.1. The number of carbonyl (C=O) groups is 2. The van der Waals surface area contributed by atoms with Crippen molar-refractivity contribution in [1.29, 1.82) is 0 Å². The number of imide groups is 1. The molecular formula is C20H28N4O2S. The minimum atomic E-state index is -0.402. The van der Waals surface area contributed by atoms with Crippen molar-refractivity contribution in [3.8, 4) is 0 Å². The van der Waals surface area contributed by atoms with Crippen LogP contribution in [-0.4, -0.2) is 48.0 Å². The zero-order chi connectivity index (χ0) is 19.2. The number of hydrogen-bond donors (Lipinski definition) is 2. The first kappa shape index (κ1) is 19.8. The summed E-state index contributed by atoms with van der Waals surface area (Å²) in [6.07, 6.45) is 3.03. The zero-order valence-corrected chi connectivity index (χ0v) is 16.8. The maximum absolute atomic E-state index is 12.2. The Kier molecular flexibility index (Phi) is 6.79. The highest BCUT2D eigenvalue weighted by Gasteiger charge is 2.25. The van der Waals surface area contributed by atoms with Crippen LogP contribution in [0, 0.1) is 5.92 Å². The van der Waals surface area contributed by atoms with Gasteiger partial charge in [-0.15, -0.1) is 11.3 Å². The Bertz CT molecular complexity index is 756. The lowest BCUT2D eigenvalue weighted by molar-refractivity contribution is -0.121. The van der Waals surface area contributed by atoms with E-state index in [-0.39, 0.29) is 12.5 Å². The predicted octanol–water partition coefficient (Wildman–Crippen LogP) is 3.35.